The summed E-state index contributed by atoms with van der Waals surface area (Å²) >= 11 is 1.80. The van der Waals surface area contributed by atoms with E-state index in [2.05, 4.69) is 31.3 Å². The minimum atomic E-state index is 0. The molecule has 0 aromatic carbocycles. The Morgan fingerprint density at radius 3 is 2.77 bits per heavy atom. The van der Waals surface area contributed by atoms with E-state index in [0.717, 1.165) is 6.61 Å². The van der Waals surface area contributed by atoms with Gasteiger partial charge in [0, 0.05) is 15.8 Å². The SMILES string of the molecule is Cc1ccc(C2NC(C)CO2)s1.Cl. The molecule has 1 aliphatic heterocycles. The fourth-order valence-electron chi connectivity index (χ4n) is 1.35. The maximum absolute atomic E-state index is 5.56. The highest BCUT2D eigenvalue weighted by molar-refractivity contribution is 7.12. The van der Waals surface area contributed by atoms with E-state index in [4.69, 9.17) is 4.74 Å². The molecule has 74 valence electrons. The van der Waals surface area contributed by atoms with Crippen molar-refractivity contribution in [1.82, 2.24) is 5.32 Å². The van der Waals surface area contributed by atoms with Crippen molar-refractivity contribution in [2.75, 3.05) is 6.61 Å². The molecule has 2 heterocycles. The molecule has 2 atom stereocenters. The first-order chi connectivity index (χ1) is 5.75. The van der Waals surface area contributed by atoms with Crippen LogP contribution >= 0.6 is 23.7 Å². The molecular formula is C9H14ClNOS. The molecule has 0 radical (unpaired) electrons. The largest absolute Gasteiger partial charge is 0.357 e. The first kappa shape index (κ1) is 11.0. The third-order valence-electron chi connectivity index (χ3n) is 1.97. The summed E-state index contributed by atoms with van der Waals surface area (Å²) < 4.78 is 5.56. The summed E-state index contributed by atoms with van der Waals surface area (Å²) in [5, 5.41) is 3.37. The molecule has 1 saturated heterocycles. The van der Waals surface area contributed by atoms with Crippen LogP contribution in [0.3, 0.4) is 0 Å². The summed E-state index contributed by atoms with van der Waals surface area (Å²) in [5.41, 5.74) is 0. The Morgan fingerprint density at radius 2 is 2.31 bits per heavy atom. The van der Waals surface area contributed by atoms with Gasteiger partial charge in [-0.15, -0.1) is 23.7 Å². The average molecular weight is 220 g/mol. The van der Waals surface area contributed by atoms with Gasteiger partial charge in [-0.3, -0.25) is 5.32 Å². The predicted octanol–water partition coefficient (Wildman–Crippen LogP) is 2.49. The Bertz CT molecular complexity index is 276. The lowest BCUT2D eigenvalue weighted by Gasteiger charge is -2.06. The van der Waals surface area contributed by atoms with Crippen LogP contribution in [0.15, 0.2) is 12.1 Å². The Kier molecular flexibility index (Phi) is 3.74. The second kappa shape index (κ2) is 4.42. The van der Waals surface area contributed by atoms with E-state index >= 15 is 0 Å². The minimum Gasteiger partial charge on any atom is -0.357 e. The van der Waals surface area contributed by atoms with E-state index in [1.54, 1.807) is 11.3 Å². The molecule has 4 heteroatoms. The van der Waals surface area contributed by atoms with Crippen LogP contribution in [0, 0.1) is 6.92 Å². The van der Waals surface area contributed by atoms with Crippen LogP contribution in [-0.4, -0.2) is 12.6 Å². The molecule has 2 nitrogen and oxygen atoms in total. The highest BCUT2D eigenvalue weighted by atomic mass is 35.5. The summed E-state index contributed by atoms with van der Waals surface area (Å²) in [4.78, 5) is 2.63. The topological polar surface area (TPSA) is 21.3 Å². The molecular weight excluding hydrogens is 206 g/mol. The van der Waals surface area contributed by atoms with Crippen molar-refractivity contribution in [3.05, 3.63) is 21.9 Å². The Balaban J connectivity index is 0.000000845. The van der Waals surface area contributed by atoms with Crippen molar-refractivity contribution >= 4 is 23.7 Å². The van der Waals surface area contributed by atoms with Gasteiger partial charge in [0.15, 0.2) is 0 Å². The fourth-order valence-corrected chi connectivity index (χ4v) is 2.24. The maximum atomic E-state index is 5.56. The third-order valence-corrected chi connectivity index (χ3v) is 3.01. The van der Waals surface area contributed by atoms with Crippen LogP contribution in [0.1, 0.15) is 22.9 Å². The highest BCUT2D eigenvalue weighted by Gasteiger charge is 2.22. The molecule has 0 spiro atoms. The number of hydrogen-bond donors (Lipinski definition) is 1. The number of nitrogens with one attached hydrogen (secondary N) is 1. The molecule has 0 amide bonds. The van der Waals surface area contributed by atoms with E-state index in [9.17, 15) is 0 Å². The van der Waals surface area contributed by atoms with E-state index in [0.29, 0.717) is 6.04 Å². The molecule has 1 aliphatic rings. The second-order valence-electron chi connectivity index (χ2n) is 3.23. The number of aryl methyl sites for hydroxylation is 1. The zero-order chi connectivity index (χ0) is 8.55. The molecule has 0 aliphatic carbocycles. The van der Waals surface area contributed by atoms with Gasteiger partial charge in [-0.1, -0.05) is 0 Å². The van der Waals surface area contributed by atoms with Gasteiger partial charge in [-0.2, -0.15) is 0 Å². The normalized spacial score (nSPS) is 27.2. The van der Waals surface area contributed by atoms with Crippen LogP contribution in [0.4, 0.5) is 0 Å². The van der Waals surface area contributed by atoms with Crippen LogP contribution < -0.4 is 5.32 Å². The zero-order valence-electron chi connectivity index (χ0n) is 7.74. The summed E-state index contributed by atoms with van der Waals surface area (Å²) in [5.74, 6) is 0. The van der Waals surface area contributed by atoms with Gasteiger partial charge in [0.2, 0.25) is 0 Å². The van der Waals surface area contributed by atoms with E-state index < -0.39 is 0 Å². The van der Waals surface area contributed by atoms with Crippen molar-refractivity contribution in [3.8, 4) is 0 Å². The molecule has 13 heavy (non-hydrogen) atoms. The van der Waals surface area contributed by atoms with E-state index in [1.807, 2.05) is 0 Å². The lowest BCUT2D eigenvalue weighted by atomic mass is 10.3. The van der Waals surface area contributed by atoms with Gasteiger partial charge in [-0.25, -0.2) is 0 Å². The molecule has 1 aromatic heterocycles. The number of thiophene rings is 1. The summed E-state index contributed by atoms with van der Waals surface area (Å²) in [6, 6.07) is 4.75. The molecule has 1 fully saturated rings. The van der Waals surface area contributed by atoms with Crippen molar-refractivity contribution in [2.24, 2.45) is 0 Å². The molecule has 1 N–H and O–H groups in total. The second-order valence-corrected chi connectivity index (χ2v) is 4.55. The van der Waals surface area contributed by atoms with Crippen molar-refractivity contribution < 1.29 is 4.74 Å². The summed E-state index contributed by atoms with van der Waals surface area (Å²) in [6.45, 7) is 5.08. The number of ether oxygens (including phenoxy) is 1. The zero-order valence-corrected chi connectivity index (χ0v) is 9.37. The standard InChI is InChI=1S/C9H13NOS.ClH/c1-6-5-11-9(10-6)8-4-3-7(2)12-8;/h3-4,6,9-10H,5H2,1-2H3;1H. The van der Waals surface area contributed by atoms with Crippen molar-refractivity contribution in [2.45, 2.75) is 26.1 Å². The van der Waals surface area contributed by atoms with Crippen molar-refractivity contribution in [1.29, 1.82) is 0 Å². The Morgan fingerprint density at radius 1 is 1.54 bits per heavy atom. The van der Waals surface area contributed by atoms with Crippen molar-refractivity contribution in [3.63, 3.8) is 0 Å². The van der Waals surface area contributed by atoms with Gasteiger partial charge in [0.25, 0.3) is 0 Å². The molecule has 0 bridgehead atoms. The first-order valence-corrected chi connectivity index (χ1v) is 5.01. The Labute approximate surface area is 88.7 Å². The van der Waals surface area contributed by atoms with Crippen LogP contribution in [0.25, 0.3) is 0 Å². The lowest BCUT2D eigenvalue weighted by molar-refractivity contribution is 0.104. The molecule has 0 saturated carbocycles. The third kappa shape index (κ3) is 2.44. The summed E-state index contributed by atoms with van der Waals surface area (Å²) in [7, 11) is 0. The smallest absolute Gasteiger partial charge is 0.143 e. The van der Waals surface area contributed by atoms with E-state index in [-0.39, 0.29) is 18.6 Å². The Hall–Kier alpha value is -0.0900. The van der Waals surface area contributed by atoms with Gasteiger partial charge < -0.3 is 4.74 Å². The average Bonchev–Trinajstić information content (AvgIpc) is 2.58. The minimum absolute atomic E-state index is 0. The van der Waals surface area contributed by atoms with Crippen LogP contribution in [0.2, 0.25) is 0 Å². The highest BCUT2D eigenvalue weighted by Crippen LogP contribution is 2.26. The lowest BCUT2D eigenvalue weighted by Crippen LogP contribution is -2.21. The number of rotatable bonds is 1. The predicted molar refractivity (Wildman–Crippen MR) is 57.6 cm³/mol. The molecule has 2 rings (SSSR count). The first-order valence-electron chi connectivity index (χ1n) is 4.19. The van der Waals surface area contributed by atoms with Gasteiger partial charge in [0.05, 0.1) is 6.61 Å². The summed E-state index contributed by atoms with van der Waals surface area (Å²) in [6.07, 6.45) is 0.138. The van der Waals surface area contributed by atoms with Crippen LogP contribution in [-0.2, 0) is 4.74 Å². The van der Waals surface area contributed by atoms with Gasteiger partial charge in [0.1, 0.15) is 6.23 Å². The van der Waals surface area contributed by atoms with Crippen LogP contribution in [0.5, 0.6) is 0 Å². The quantitative estimate of drug-likeness (QED) is 0.784. The van der Waals surface area contributed by atoms with Gasteiger partial charge >= 0.3 is 0 Å². The fraction of sp³-hybridized carbons (Fsp3) is 0.556. The van der Waals surface area contributed by atoms with Gasteiger partial charge in [-0.05, 0) is 26.0 Å². The molecule has 1 aromatic rings. The maximum Gasteiger partial charge on any atom is 0.143 e. The monoisotopic (exact) mass is 219 g/mol. The molecule has 2 unspecified atom stereocenters. The van der Waals surface area contributed by atoms with E-state index in [1.165, 1.54) is 9.75 Å². The number of hydrogen-bond acceptors (Lipinski definition) is 3. The number of halogens is 1.